The van der Waals surface area contributed by atoms with E-state index in [1.54, 1.807) is 17.5 Å². The molecular weight excluding hydrogens is 248 g/mol. The highest BCUT2D eigenvalue weighted by molar-refractivity contribution is 8.93. The molecule has 0 saturated heterocycles. The zero-order valence-corrected chi connectivity index (χ0v) is 9.63. The van der Waals surface area contributed by atoms with E-state index < -0.39 is 0 Å². The minimum Gasteiger partial charge on any atom is -0.264 e. The van der Waals surface area contributed by atoms with E-state index in [-0.39, 0.29) is 17.0 Å². The molecule has 2 nitrogen and oxygen atoms in total. The second-order valence-corrected chi connectivity index (χ2v) is 3.56. The van der Waals surface area contributed by atoms with Crippen LogP contribution in [0.5, 0.6) is 0 Å². The van der Waals surface area contributed by atoms with Crippen molar-refractivity contribution in [3.8, 4) is 11.3 Å². The highest BCUT2D eigenvalue weighted by atomic mass is 79.9. The minimum atomic E-state index is 0. The molecule has 68 valence electrons. The summed E-state index contributed by atoms with van der Waals surface area (Å²) >= 11 is 1.66. The monoisotopic (exact) mass is 256 g/mol. The summed E-state index contributed by atoms with van der Waals surface area (Å²) in [4.78, 5) is 8.39. The van der Waals surface area contributed by atoms with Crippen LogP contribution in [-0.4, -0.2) is 9.97 Å². The lowest BCUT2D eigenvalue weighted by molar-refractivity contribution is 1.27. The van der Waals surface area contributed by atoms with E-state index in [1.165, 1.54) is 0 Å². The summed E-state index contributed by atoms with van der Waals surface area (Å²) < 4.78 is 0. The molecule has 0 aliphatic rings. The first-order valence-electron chi connectivity index (χ1n) is 3.69. The molecule has 2 aromatic rings. The van der Waals surface area contributed by atoms with Crippen molar-refractivity contribution in [2.75, 3.05) is 0 Å². The summed E-state index contributed by atoms with van der Waals surface area (Å²) in [5.74, 6) is 0. The van der Waals surface area contributed by atoms with Gasteiger partial charge in [-0.2, -0.15) is 0 Å². The van der Waals surface area contributed by atoms with Crippen LogP contribution in [0, 0.1) is 6.92 Å². The Labute approximate surface area is 91.4 Å². The number of thiazole rings is 1. The zero-order chi connectivity index (χ0) is 8.39. The Morgan fingerprint density at radius 1 is 1.38 bits per heavy atom. The van der Waals surface area contributed by atoms with Crippen molar-refractivity contribution in [3.05, 3.63) is 34.9 Å². The summed E-state index contributed by atoms with van der Waals surface area (Å²) in [6, 6.07) is 3.94. The molecule has 2 heterocycles. The third-order valence-electron chi connectivity index (χ3n) is 1.58. The molecule has 0 amide bonds. The van der Waals surface area contributed by atoms with E-state index in [1.807, 2.05) is 30.6 Å². The van der Waals surface area contributed by atoms with E-state index in [0.717, 1.165) is 16.3 Å². The number of hydrogen-bond acceptors (Lipinski definition) is 3. The average Bonchev–Trinajstić information content (AvgIpc) is 2.54. The lowest BCUT2D eigenvalue weighted by Gasteiger charge is -1.92. The van der Waals surface area contributed by atoms with Crippen molar-refractivity contribution < 1.29 is 0 Å². The highest BCUT2D eigenvalue weighted by Crippen LogP contribution is 2.19. The predicted octanol–water partition coefficient (Wildman–Crippen LogP) is 3.09. The molecule has 0 saturated carbocycles. The summed E-state index contributed by atoms with van der Waals surface area (Å²) in [5, 5.41) is 3.14. The normalized spacial score (nSPS) is 9.31. The van der Waals surface area contributed by atoms with Crippen LogP contribution in [0.15, 0.2) is 29.9 Å². The molecule has 0 bridgehead atoms. The van der Waals surface area contributed by atoms with Gasteiger partial charge in [0.05, 0.1) is 10.7 Å². The number of halogens is 1. The van der Waals surface area contributed by atoms with Gasteiger partial charge in [0.25, 0.3) is 0 Å². The first-order chi connectivity index (χ1) is 5.86. The van der Waals surface area contributed by atoms with Crippen LogP contribution in [0.4, 0.5) is 0 Å². The van der Waals surface area contributed by atoms with Gasteiger partial charge in [-0.25, -0.2) is 4.98 Å². The van der Waals surface area contributed by atoms with Gasteiger partial charge in [0.2, 0.25) is 0 Å². The second-order valence-electron chi connectivity index (χ2n) is 2.49. The maximum atomic E-state index is 4.36. The van der Waals surface area contributed by atoms with Crippen molar-refractivity contribution >= 4 is 28.3 Å². The van der Waals surface area contributed by atoms with E-state index in [4.69, 9.17) is 0 Å². The van der Waals surface area contributed by atoms with Crippen LogP contribution < -0.4 is 0 Å². The maximum absolute atomic E-state index is 4.36. The van der Waals surface area contributed by atoms with Gasteiger partial charge in [0.1, 0.15) is 0 Å². The van der Waals surface area contributed by atoms with Crippen LogP contribution in [-0.2, 0) is 0 Å². The molecule has 0 N–H and O–H groups in total. The number of hydrogen-bond donors (Lipinski definition) is 0. The Kier molecular flexibility index (Phi) is 3.57. The Balaban J connectivity index is 0.000000845. The third kappa shape index (κ3) is 2.35. The minimum absolute atomic E-state index is 0. The molecular formula is C9H9BrN2S. The van der Waals surface area contributed by atoms with Gasteiger partial charge >= 0.3 is 0 Å². The van der Waals surface area contributed by atoms with Crippen molar-refractivity contribution in [3.63, 3.8) is 0 Å². The van der Waals surface area contributed by atoms with Crippen molar-refractivity contribution in [2.45, 2.75) is 6.92 Å². The summed E-state index contributed by atoms with van der Waals surface area (Å²) in [6.07, 6.45) is 3.59. The first-order valence-corrected chi connectivity index (χ1v) is 4.57. The lowest BCUT2D eigenvalue weighted by Crippen LogP contribution is -1.78. The van der Waals surface area contributed by atoms with Crippen molar-refractivity contribution in [1.29, 1.82) is 0 Å². The van der Waals surface area contributed by atoms with Crippen LogP contribution in [0.3, 0.4) is 0 Å². The van der Waals surface area contributed by atoms with E-state index >= 15 is 0 Å². The Bertz CT molecular complexity index is 372. The number of aromatic nitrogens is 2. The third-order valence-corrected chi connectivity index (χ3v) is 2.35. The van der Waals surface area contributed by atoms with Gasteiger partial charge in [0.15, 0.2) is 0 Å². The number of pyridine rings is 1. The molecule has 13 heavy (non-hydrogen) atoms. The second kappa shape index (κ2) is 4.48. The SMILES string of the molecule is Br.Cc1nc(-c2cccnc2)cs1. The molecule has 4 heteroatoms. The molecule has 0 spiro atoms. The van der Waals surface area contributed by atoms with Crippen molar-refractivity contribution in [1.82, 2.24) is 9.97 Å². The van der Waals surface area contributed by atoms with Gasteiger partial charge in [-0.1, -0.05) is 0 Å². The quantitative estimate of drug-likeness (QED) is 0.784. The largest absolute Gasteiger partial charge is 0.264 e. The molecule has 0 unspecified atom stereocenters. The smallest absolute Gasteiger partial charge is 0.0901 e. The molecule has 0 aliphatic heterocycles. The summed E-state index contributed by atoms with van der Waals surface area (Å²) in [5.41, 5.74) is 2.10. The van der Waals surface area contributed by atoms with Crippen LogP contribution in [0.1, 0.15) is 5.01 Å². The molecule has 0 fully saturated rings. The van der Waals surface area contributed by atoms with E-state index in [0.29, 0.717) is 0 Å². The van der Waals surface area contributed by atoms with Gasteiger partial charge in [-0.05, 0) is 19.1 Å². The number of nitrogens with zero attached hydrogens (tertiary/aromatic N) is 2. The number of rotatable bonds is 1. The average molecular weight is 257 g/mol. The van der Waals surface area contributed by atoms with Crippen LogP contribution in [0.2, 0.25) is 0 Å². The fourth-order valence-corrected chi connectivity index (χ4v) is 1.63. The molecule has 0 aliphatic carbocycles. The predicted molar refractivity (Wildman–Crippen MR) is 60.4 cm³/mol. The van der Waals surface area contributed by atoms with E-state index in [9.17, 15) is 0 Å². The summed E-state index contributed by atoms with van der Waals surface area (Å²) in [6.45, 7) is 2.00. The topological polar surface area (TPSA) is 25.8 Å². The molecule has 0 radical (unpaired) electrons. The zero-order valence-electron chi connectivity index (χ0n) is 7.10. The standard InChI is InChI=1S/C9H8N2S.BrH/c1-7-11-9(6-12-7)8-3-2-4-10-5-8;/h2-6H,1H3;1H. The van der Waals surface area contributed by atoms with Crippen molar-refractivity contribution in [2.24, 2.45) is 0 Å². The van der Waals surface area contributed by atoms with Gasteiger partial charge < -0.3 is 0 Å². The summed E-state index contributed by atoms with van der Waals surface area (Å²) in [7, 11) is 0. The maximum Gasteiger partial charge on any atom is 0.0901 e. The first kappa shape index (κ1) is 10.3. The van der Waals surface area contributed by atoms with Gasteiger partial charge in [-0.15, -0.1) is 28.3 Å². The Morgan fingerprint density at radius 2 is 2.23 bits per heavy atom. The van der Waals surface area contributed by atoms with E-state index in [2.05, 4.69) is 9.97 Å². The lowest BCUT2D eigenvalue weighted by atomic mass is 10.2. The van der Waals surface area contributed by atoms with Crippen LogP contribution in [0.25, 0.3) is 11.3 Å². The molecule has 0 aromatic carbocycles. The number of aryl methyl sites for hydroxylation is 1. The Hall–Kier alpha value is -0.740. The van der Waals surface area contributed by atoms with Gasteiger partial charge in [-0.3, -0.25) is 4.98 Å². The fourth-order valence-electron chi connectivity index (χ4n) is 1.01. The Morgan fingerprint density at radius 3 is 2.77 bits per heavy atom. The van der Waals surface area contributed by atoms with Gasteiger partial charge in [0, 0.05) is 23.3 Å². The van der Waals surface area contributed by atoms with Crippen LogP contribution >= 0.6 is 28.3 Å². The molecule has 2 rings (SSSR count). The molecule has 2 aromatic heterocycles. The fraction of sp³-hybridized carbons (Fsp3) is 0.111. The molecule has 0 atom stereocenters. The highest BCUT2D eigenvalue weighted by Gasteiger charge is 1.99.